The molecular weight excluding hydrogens is 412 g/mol. The second-order valence-corrected chi connectivity index (χ2v) is 8.00. The molecule has 5 heteroatoms. The number of rotatable bonds is 7. The topological polar surface area (TPSA) is 68.2 Å². The van der Waals surface area contributed by atoms with Crippen molar-refractivity contribution in [3.05, 3.63) is 111 Å². The van der Waals surface area contributed by atoms with Gasteiger partial charge in [-0.25, -0.2) is 0 Å². The Morgan fingerprint density at radius 3 is 2.06 bits per heavy atom. The average molecular weight is 439 g/mol. The molecule has 0 fully saturated rings. The minimum atomic E-state index is -0.349. The number of carbonyl (C=O) groups excluding carboxylic acids is 2. The lowest BCUT2D eigenvalue weighted by atomic mass is 10.0. The first-order chi connectivity index (χ1) is 16.0. The largest absolute Gasteiger partial charge is 0.337 e. The van der Waals surface area contributed by atoms with Crippen molar-refractivity contribution in [1.29, 1.82) is 0 Å². The second-order valence-electron chi connectivity index (χ2n) is 8.00. The van der Waals surface area contributed by atoms with E-state index >= 15 is 0 Å². The number of nitrogens with zero attached hydrogens (tertiary/aromatic N) is 1. The summed E-state index contributed by atoms with van der Waals surface area (Å²) in [5.74, 6) is -0.587. The van der Waals surface area contributed by atoms with Crippen LogP contribution in [0.2, 0.25) is 0 Å². The fourth-order valence-corrected chi connectivity index (χ4v) is 3.86. The van der Waals surface area contributed by atoms with Crippen LogP contribution in [-0.2, 0) is 24.2 Å². The van der Waals surface area contributed by atoms with E-state index in [1.165, 1.54) is 11.8 Å². The van der Waals surface area contributed by atoms with Gasteiger partial charge in [-0.3, -0.25) is 14.4 Å². The van der Waals surface area contributed by atoms with Gasteiger partial charge < -0.3 is 9.88 Å². The number of aryl methyl sites for hydroxylation is 2. The molecule has 5 nitrogen and oxygen atoms in total. The van der Waals surface area contributed by atoms with E-state index in [0.29, 0.717) is 22.2 Å². The molecule has 0 aliphatic rings. The summed E-state index contributed by atoms with van der Waals surface area (Å²) in [6.07, 6.45) is 3.30. The third-order valence-electron chi connectivity index (χ3n) is 5.82. The number of hydrogen-bond donors (Lipinski definition) is 1. The van der Waals surface area contributed by atoms with Gasteiger partial charge in [0.1, 0.15) is 6.54 Å². The minimum absolute atomic E-state index is 0.0224. The van der Waals surface area contributed by atoms with Crippen molar-refractivity contribution in [2.75, 3.05) is 5.32 Å². The van der Waals surface area contributed by atoms with Gasteiger partial charge in [-0.2, -0.15) is 0 Å². The summed E-state index contributed by atoms with van der Waals surface area (Å²) in [7, 11) is 0. The number of ketones is 1. The fraction of sp³-hybridized carbons (Fsp3) is 0.179. The maximum atomic E-state index is 13.2. The van der Waals surface area contributed by atoms with Crippen LogP contribution in [0.1, 0.15) is 40.9 Å². The third-order valence-corrected chi connectivity index (χ3v) is 5.82. The smallest absolute Gasteiger partial charge is 0.244 e. The Morgan fingerprint density at radius 2 is 1.42 bits per heavy atom. The molecule has 0 aliphatic heterocycles. The zero-order valence-electron chi connectivity index (χ0n) is 18.8. The molecule has 33 heavy (non-hydrogen) atoms. The third kappa shape index (κ3) is 4.77. The maximum Gasteiger partial charge on any atom is 0.244 e. The van der Waals surface area contributed by atoms with Gasteiger partial charge in [0, 0.05) is 22.8 Å². The summed E-state index contributed by atoms with van der Waals surface area (Å²) in [6, 6.07) is 22.0. The molecule has 4 aromatic rings. The van der Waals surface area contributed by atoms with E-state index in [9.17, 15) is 14.4 Å². The first-order valence-corrected chi connectivity index (χ1v) is 11.1. The minimum Gasteiger partial charge on any atom is -0.337 e. The summed E-state index contributed by atoms with van der Waals surface area (Å²) >= 11 is 0. The van der Waals surface area contributed by atoms with Gasteiger partial charge in [-0.1, -0.05) is 62.4 Å². The van der Waals surface area contributed by atoms with E-state index < -0.39 is 0 Å². The summed E-state index contributed by atoms with van der Waals surface area (Å²) in [5.41, 5.74) is 3.79. The SMILES string of the molecule is CCc1ccc(NC(=O)Cn2cc(C(=O)c3ccc(CC)cc3)c(=O)c3ccccc32)cc1. The van der Waals surface area contributed by atoms with Crippen molar-refractivity contribution < 1.29 is 9.59 Å². The number of aromatic nitrogens is 1. The lowest BCUT2D eigenvalue weighted by molar-refractivity contribution is -0.116. The average Bonchev–Trinajstić information content (AvgIpc) is 2.86. The summed E-state index contributed by atoms with van der Waals surface area (Å²) in [4.78, 5) is 39.1. The van der Waals surface area contributed by atoms with Gasteiger partial charge in [0.15, 0.2) is 5.78 Å². The Balaban J connectivity index is 1.68. The fourth-order valence-electron chi connectivity index (χ4n) is 3.86. The summed E-state index contributed by atoms with van der Waals surface area (Å²) in [6.45, 7) is 4.10. The van der Waals surface area contributed by atoms with Crippen LogP contribution < -0.4 is 10.7 Å². The van der Waals surface area contributed by atoms with E-state index in [1.807, 2.05) is 49.4 Å². The van der Waals surface area contributed by atoms with Crippen molar-refractivity contribution in [3.63, 3.8) is 0 Å². The van der Waals surface area contributed by atoms with Crippen molar-refractivity contribution in [3.8, 4) is 0 Å². The molecule has 1 N–H and O–H groups in total. The monoisotopic (exact) mass is 438 g/mol. The van der Waals surface area contributed by atoms with Gasteiger partial charge >= 0.3 is 0 Å². The highest BCUT2D eigenvalue weighted by Crippen LogP contribution is 2.16. The number of nitrogens with one attached hydrogen (secondary N) is 1. The first-order valence-electron chi connectivity index (χ1n) is 11.1. The van der Waals surface area contributed by atoms with Crippen molar-refractivity contribution in [2.24, 2.45) is 0 Å². The Kier molecular flexibility index (Phi) is 6.50. The standard InChI is InChI=1S/C28H26N2O3/c1-3-19-9-13-21(14-10-19)27(32)24-17-30(25-8-6-5-7-23(25)28(24)33)18-26(31)29-22-15-11-20(4-2)12-16-22/h5-17H,3-4,18H2,1-2H3,(H,29,31). The number of para-hydroxylation sites is 1. The highest BCUT2D eigenvalue weighted by Gasteiger charge is 2.18. The molecule has 0 bridgehead atoms. The van der Waals surface area contributed by atoms with Crippen LogP contribution in [0.15, 0.2) is 83.8 Å². The number of pyridine rings is 1. The highest BCUT2D eigenvalue weighted by molar-refractivity contribution is 6.10. The highest BCUT2D eigenvalue weighted by atomic mass is 16.2. The van der Waals surface area contributed by atoms with Crippen LogP contribution >= 0.6 is 0 Å². The normalized spacial score (nSPS) is 10.8. The van der Waals surface area contributed by atoms with E-state index in [1.54, 1.807) is 34.9 Å². The molecule has 0 saturated carbocycles. The van der Waals surface area contributed by atoms with Gasteiger partial charge in [0.05, 0.1) is 11.1 Å². The molecular formula is C28H26N2O3. The Labute approximate surface area is 192 Å². The van der Waals surface area contributed by atoms with Crippen molar-refractivity contribution in [1.82, 2.24) is 4.57 Å². The lowest BCUT2D eigenvalue weighted by Gasteiger charge is -2.14. The number of fused-ring (bicyclic) bond motifs is 1. The molecule has 4 rings (SSSR count). The predicted molar refractivity (Wildman–Crippen MR) is 132 cm³/mol. The lowest BCUT2D eigenvalue weighted by Crippen LogP contribution is -2.24. The van der Waals surface area contributed by atoms with E-state index in [4.69, 9.17) is 0 Å². The van der Waals surface area contributed by atoms with Gasteiger partial charge in [-0.05, 0) is 48.2 Å². The molecule has 1 aromatic heterocycles. The molecule has 0 aliphatic carbocycles. The molecule has 3 aromatic carbocycles. The van der Waals surface area contributed by atoms with Gasteiger partial charge in [-0.15, -0.1) is 0 Å². The van der Waals surface area contributed by atoms with Crippen molar-refractivity contribution in [2.45, 2.75) is 33.2 Å². The van der Waals surface area contributed by atoms with Crippen LogP contribution in [0.5, 0.6) is 0 Å². The molecule has 0 unspecified atom stereocenters. The summed E-state index contributed by atoms with van der Waals surface area (Å²) < 4.78 is 1.67. The van der Waals surface area contributed by atoms with Crippen LogP contribution in [0.25, 0.3) is 10.9 Å². The Morgan fingerprint density at radius 1 is 0.818 bits per heavy atom. The Bertz CT molecular complexity index is 1370. The quantitative estimate of drug-likeness (QED) is 0.413. The number of carbonyl (C=O) groups is 2. The number of amides is 1. The predicted octanol–water partition coefficient (Wildman–Crippen LogP) is 5.00. The zero-order valence-corrected chi connectivity index (χ0v) is 18.8. The van der Waals surface area contributed by atoms with Crippen LogP contribution in [0, 0.1) is 0 Å². The molecule has 0 radical (unpaired) electrons. The molecule has 0 spiro atoms. The number of hydrogen-bond acceptors (Lipinski definition) is 3. The number of anilines is 1. The first kappa shape index (κ1) is 22.2. The molecule has 1 amide bonds. The van der Waals surface area contributed by atoms with Gasteiger partial charge in [0.2, 0.25) is 11.3 Å². The van der Waals surface area contributed by atoms with E-state index in [0.717, 1.165) is 18.4 Å². The van der Waals surface area contributed by atoms with Crippen LogP contribution in [0.4, 0.5) is 5.69 Å². The van der Waals surface area contributed by atoms with E-state index in [-0.39, 0.29) is 29.2 Å². The van der Waals surface area contributed by atoms with Crippen molar-refractivity contribution >= 4 is 28.3 Å². The molecule has 0 atom stereocenters. The van der Waals surface area contributed by atoms with Crippen LogP contribution in [-0.4, -0.2) is 16.3 Å². The second kappa shape index (κ2) is 9.65. The summed E-state index contributed by atoms with van der Waals surface area (Å²) in [5, 5.41) is 3.30. The Hall–Kier alpha value is -3.99. The molecule has 166 valence electrons. The molecule has 1 heterocycles. The van der Waals surface area contributed by atoms with E-state index in [2.05, 4.69) is 12.2 Å². The maximum absolute atomic E-state index is 13.2. The molecule has 0 saturated heterocycles. The van der Waals surface area contributed by atoms with Crippen LogP contribution in [0.3, 0.4) is 0 Å². The van der Waals surface area contributed by atoms with Gasteiger partial charge in [0.25, 0.3) is 0 Å². The zero-order chi connectivity index (χ0) is 23.4. The number of benzene rings is 3.